The van der Waals surface area contributed by atoms with Gasteiger partial charge >= 0.3 is 147 Å². The molecule has 48 heavy (non-hydrogen) atoms. The summed E-state index contributed by atoms with van der Waals surface area (Å²) >= 11 is -1.67. The molecule has 0 saturated heterocycles. The van der Waals surface area contributed by atoms with E-state index in [9.17, 15) is 0 Å². The smallest absolute Gasteiger partial charge is 0.0211 e. The van der Waals surface area contributed by atoms with Crippen molar-refractivity contribution in [3.8, 4) is 22.3 Å². The molecule has 0 aliphatic heterocycles. The van der Waals surface area contributed by atoms with Gasteiger partial charge < -0.3 is 24.8 Å². The van der Waals surface area contributed by atoms with Gasteiger partial charge in [-0.25, -0.2) is 0 Å². The van der Waals surface area contributed by atoms with Crippen LogP contribution in [-0.2, 0) is 41.1 Å². The zero-order valence-corrected chi connectivity index (χ0v) is 34.8. The van der Waals surface area contributed by atoms with E-state index in [-0.39, 0.29) is 24.8 Å². The number of halogens is 4. The van der Waals surface area contributed by atoms with Crippen molar-refractivity contribution in [3.05, 3.63) is 182 Å². The van der Waals surface area contributed by atoms with Gasteiger partial charge in [-0.05, 0) is 44.5 Å². The molecule has 4 aliphatic carbocycles. The summed E-state index contributed by atoms with van der Waals surface area (Å²) in [6.07, 6.45) is 11.6. The Kier molecular flexibility index (Phi) is 11.9. The maximum absolute atomic E-state index is 6.26. The summed E-state index contributed by atoms with van der Waals surface area (Å²) in [6, 6.07) is 44.4. The number of benzene rings is 5. The number of hydrogen-bond donors (Lipinski definition) is 0. The molecule has 0 saturated carbocycles. The number of fused-ring (bicyclic) bond motifs is 7. The topological polar surface area (TPSA) is 0 Å². The molecule has 5 aromatic carbocycles. The maximum atomic E-state index is 6.26. The van der Waals surface area contributed by atoms with Gasteiger partial charge in [0.2, 0.25) is 0 Å². The fourth-order valence-corrected chi connectivity index (χ4v) is 12.9. The van der Waals surface area contributed by atoms with Crippen LogP contribution in [-0.4, -0.2) is 0 Å². The number of hydrogen-bond acceptors (Lipinski definition) is 0. The van der Waals surface area contributed by atoms with Gasteiger partial charge in [0, 0.05) is 11.8 Å². The molecule has 240 valence electrons. The minimum Gasteiger partial charge on any atom is -0.0619 e. The first-order chi connectivity index (χ1) is 22.2. The first-order valence-electron chi connectivity index (χ1n) is 16.0. The van der Waals surface area contributed by atoms with Crippen LogP contribution in [0.5, 0.6) is 0 Å². The molecule has 9 rings (SSSR count). The van der Waals surface area contributed by atoms with Gasteiger partial charge in [-0.3, -0.25) is 0 Å². The summed E-state index contributed by atoms with van der Waals surface area (Å²) in [5.74, 6) is 0.763. The van der Waals surface area contributed by atoms with Crippen LogP contribution < -0.4 is 24.8 Å². The SMILES string of the molecule is [CH3][Zr]([CH3])([Cl])([Cl])[C]1=CC=CC1.[Cl-].[Cl-].[Zr+2][CH]1C=Cc2ccccc21.c1ccc2c(c1)-c1ccccc1C2C1c2ccccc2-c2ccccc21. The molecule has 6 heteroatoms. The molecule has 5 aromatic rings. The van der Waals surface area contributed by atoms with Crippen molar-refractivity contribution in [3.63, 3.8) is 0 Å². The Hall–Kier alpha value is -1.75. The van der Waals surface area contributed by atoms with E-state index in [2.05, 4.69) is 146 Å². The third-order valence-corrected chi connectivity index (χ3v) is 18.9. The Morgan fingerprint density at radius 1 is 0.562 bits per heavy atom. The van der Waals surface area contributed by atoms with Crippen LogP contribution >= 0.6 is 17.0 Å². The minimum absolute atomic E-state index is 0. The molecule has 0 amide bonds. The average molecular weight is 865 g/mol. The molecule has 1 unspecified atom stereocenters. The largest absolute Gasteiger partial charge is 0.0619 e. The molecule has 0 heterocycles. The summed E-state index contributed by atoms with van der Waals surface area (Å²) in [4.78, 5) is 0. The van der Waals surface area contributed by atoms with E-state index < -0.39 is 16.4 Å². The van der Waals surface area contributed by atoms with Crippen LogP contribution in [0, 0.1) is 0 Å². The first kappa shape index (κ1) is 37.5. The van der Waals surface area contributed by atoms with Crippen molar-refractivity contribution in [1.82, 2.24) is 0 Å². The third-order valence-electron chi connectivity index (χ3n) is 9.55. The second kappa shape index (κ2) is 15.2. The number of allylic oxidation sites excluding steroid dienone is 5. The predicted molar refractivity (Wildman–Crippen MR) is 191 cm³/mol. The van der Waals surface area contributed by atoms with Crippen LogP contribution in [0.2, 0.25) is 9.26 Å². The van der Waals surface area contributed by atoms with Crippen LogP contribution in [0.4, 0.5) is 0 Å². The molecular formula is C42H36Cl4Zr2. The van der Waals surface area contributed by atoms with E-state index in [0.29, 0.717) is 15.5 Å². The van der Waals surface area contributed by atoms with Gasteiger partial charge in [-0.15, -0.1) is 0 Å². The molecule has 0 N–H and O–H groups in total. The zero-order valence-electron chi connectivity index (χ0n) is 26.9. The molecule has 0 aromatic heterocycles. The van der Waals surface area contributed by atoms with E-state index in [4.69, 9.17) is 17.0 Å². The summed E-state index contributed by atoms with van der Waals surface area (Å²) in [5.41, 5.74) is 14.4. The Balaban J connectivity index is 0.000000170. The summed E-state index contributed by atoms with van der Waals surface area (Å²) in [7, 11) is 12.5. The molecule has 1 atom stereocenters. The molecule has 0 fully saturated rings. The fourth-order valence-electron chi connectivity index (χ4n) is 7.31. The summed E-state index contributed by atoms with van der Waals surface area (Å²) < 4.78 is 6.01. The predicted octanol–water partition coefficient (Wildman–Crippen LogP) is 6.84. The van der Waals surface area contributed by atoms with Gasteiger partial charge in [0.25, 0.3) is 0 Å². The molecule has 0 spiro atoms. The van der Waals surface area contributed by atoms with Crippen LogP contribution in [0.15, 0.2) is 149 Å². The molecule has 0 nitrogen and oxygen atoms in total. The van der Waals surface area contributed by atoms with Crippen molar-refractivity contribution < 1.29 is 65.9 Å². The Morgan fingerprint density at radius 3 is 1.27 bits per heavy atom. The minimum atomic E-state index is -3.26. The average Bonchev–Trinajstić information content (AvgIpc) is 3.86. The standard InChI is InChI=1S/C26H18.C9H7.C5H5.2CH3.4ClH.2Zr/c1-5-13-21-17(9-1)18-10-2-6-14-22(18)25(21)26-23-15-7-3-11-19(23)20-12-4-8-16-24(20)26;1-2-5-9-7-3-6-8(9)4-1;1-2-4-5-3-1;;;;;;;;/h1-16,25-26H;1-7H;1-3H,4H2;2*1H3;4*1H;;/q;;;;;;;;;2*+2/p-4. The van der Waals surface area contributed by atoms with Gasteiger partial charge in [0.1, 0.15) is 0 Å². The normalized spacial score (nSPS) is 16.9. The van der Waals surface area contributed by atoms with Crippen LogP contribution in [0.1, 0.15) is 55.3 Å². The van der Waals surface area contributed by atoms with Gasteiger partial charge in [-0.1, -0.05) is 97.1 Å². The quantitative estimate of drug-likeness (QED) is 0.183. The molecular weight excluding hydrogens is 829 g/mol. The van der Waals surface area contributed by atoms with Crippen molar-refractivity contribution >= 4 is 23.1 Å². The Morgan fingerprint density at radius 2 is 0.938 bits per heavy atom. The van der Waals surface area contributed by atoms with E-state index in [1.165, 1.54) is 58.9 Å². The molecule has 0 radical (unpaired) electrons. The Bertz CT molecular complexity index is 1840. The van der Waals surface area contributed by atoms with Crippen molar-refractivity contribution in [1.29, 1.82) is 0 Å². The Labute approximate surface area is 321 Å². The zero-order chi connectivity index (χ0) is 31.9. The van der Waals surface area contributed by atoms with Crippen LogP contribution in [0.3, 0.4) is 0 Å². The number of rotatable bonds is 2. The molecule has 0 bridgehead atoms. The van der Waals surface area contributed by atoms with E-state index in [0.717, 1.165) is 6.42 Å². The van der Waals surface area contributed by atoms with E-state index in [1.54, 1.807) is 24.7 Å². The molecule has 4 aliphatic rings. The van der Waals surface area contributed by atoms with Gasteiger partial charge in [0.05, 0.1) is 0 Å². The first-order valence-corrected chi connectivity index (χ1v) is 29.9. The summed E-state index contributed by atoms with van der Waals surface area (Å²) in [6.45, 7) is 0. The second-order valence-corrected chi connectivity index (χ2v) is 40.7. The monoisotopic (exact) mass is 860 g/mol. The fraction of sp³-hybridized carbons (Fsp3) is 0.143. The van der Waals surface area contributed by atoms with Crippen molar-refractivity contribution in [2.75, 3.05) is 0 Å². The summed E-state index contributed by atoms with van der Waals surface area (Å²) in [5, 5.41) is 0. The second-order valence-electron chi connectivity index (χ2n) is 13.1. The van der Waals surface area contributed by atoms with Crippen molar-refractivity contribution in [2.24, 2.45) is 0 Å². The third kappa shape index (κ3) is 7.47. The van der Waals surface area contributed by atoms with E-state index >= 15 is 0 Å². The van der Waals surface area contributed by atoms with E-state index in [1.807, 2.05) is 15.3 Å². The van der Waals surface area contributed by atoms with Gasteiger partial charge in [0.15, 0.2) is 0 Å². The van der Waals surface area contributed by atoms with Crippen molar-refractivity contribution in [2.45, 2.75) is 31.1 Å². The maximum Gasteiger partial charge on any atom is 0.0211 e. The van der Waals surface area contributed by atoms with Crippen LogP contribution in [0.25, 0.3) is 28.3 Å². The van der Waals surface area contributed by atoms with Gasteiger partial charge in [-0.2, -0.15) is 0 Å².